The number of carbonyl (C=O) groups excluding carboxylic acids is 2. The van der Waals surface area contributed by atoms with Gasteiger partial charge in [-0.2, -0.15) is 0 Å². The molecular formula is C26H30FN5O5. The van der Waals surface area contributed by atoms with Gasteiger partial charge in [0.25, 0.3) is 5.91 Å². The fourth-order valence-electron chi connectivity index (χ4n) is 4.72. The molecule has 2 aromatic heterocycles. The van der Waals surface area contributed by atoms with E-state index in [-0.39, 0.29) is 23.6 Å². The van der Waals surface area contributed by atoms with E-state index in [0.29, 0.717) is 77.8 Å². The summed E-state index contributed by atoms with van der Waals surface area (Å²) in [6, 6.07) is 2.75. The SMILES string of the molecule is COc1cc(OCC2CC2)c(-c2ncnc3c(C(=O)NC4CCN(C(=O)CO)CC4)c(C)[nH]c23)cc1F. The number of benzene rings is 1. The summed E-state index contributed by atoms with van der Waals surface area (Å²) in [4.78, 5) is 38.6. The second-order valence-electron chi connectivity index (χ2n) is 9.59. The van der Waals surface area contributed by atoms with Gasteiger partial charge in [-0.1, -0.05) is 0 Å². The number of carbonyl (C=O) groups is 2. The number of rotatable bonds is 8. The highest BCUT2D eigenvalue weighted by Crippen LogP contribution is 2.39. The topological polar surface area (TPSA) is 130 Å². The highest BCUT2D eigenvalue weighted by Gasteiger charge is 2.28. The second kappa shape index (κ2) is 10.3. The number of hydrogen-bond donors (Lipinski definition) is 3. The molecule has 0 spiro atoms. The highest BCUT2D eigenvalue weighted by molar-refractivity contribution is 6.09. The number of methoxy groups -OCH3 is 1. The summed E-state index contributed by atoms with van der Waals surface area (Å²) < 4.78 is 26.0. The smallest absolute Gasteiger partial charge is 0.255 e. The van der Waals surface area contributed by atoms with Crippen LogP contribution in [0, 0.1) is 18.7 Å². The van der Waals surface area contributed by atoms with Crippen molar-refractivity contribution in [1.82, 2.24) is 25.2 Å². The molecule has 2 amide bonds. The van der Waals surface area contributed by atoms with E-state index in [4.69, 9.17) is 14.6 Å². The summed E-state index contributed by atoms with van der Waals surface area (Å²) in [5, 5.41) is 12.1. The van der Waals surface area contributed by atoms with Crippen molar-refractivity contribution < 1.29 is 28.6 Å². The first-order chi connectivity index (χ1) is 17.9. The van der Waals surface area contributed by atoms with E-state index in [9.17, 15) is 14.0 Å². The van der Waals surface area contributed by atoms with E-state index < -0.39 is 12.4 Å². The number of nitrogens with zero attached hydrogens (tertiary/aromatic N) is 3. The number of aromatic nitrogens is 3. The first kappa shape index (κ1) is 24.9. The van der Waals surface area contributed by atoms with Crippen LogP contribution in [0.15, 0.2) is 18.5 Å². The minimum Gasteiger partial charge on any atom is -0.494 e. The molecule has 2 aliphatic rings. The van der Waals surface area contributed by atoms with Gasteiger partial charge in [0, 0.05) is 36.5 Å². The standard InChI is InChI=1S/C26H30FN5O5/c1-14-22(26(35)31-16-5-7-32(8-6-16)21(34)11-33)24-25(30-14)23(28-13-29-24)17-9-18(27)20(36-2)10-19(17)37-12-15-3-4-15/h9-10,13,15-16,30,33H,3-8,11-12H2,1-2H3,(H,31,35). The molecule has 11 heteroatoms. The number of hydrogen-bond acceptors (Lipinski definition) is 7. The van der Waals surface area contributed by atoms with E-state index >= 15 is 0 Å². The number of ether oxygens (including phenoxy) is 2. The van der Waals surface area contributed by atoms with Gasteiger partial charge in [0.2, 0.25) is 5.91 Å². The molecule has 1 saturated carbocycles. The first-order valence-electron chi connectivity index (χ1n) is 12.4. The van der Waals surface area contributed by atoms with Gasteiger partial charge >= 0.3 is 0 Å². The molecule has 37 heavy (non-hydrogen) atoms. The number of halogens is 1. The molecule has 1 aromatic carbocycles. The van der Waals surface area contributed by atoms with Gasteiger partial charge in [0.1, 0.15) is 29.9 Å². The number of aryl methyl sites for hydroxylation is 1. The molecule has 1 aliphatic heterocycles. The van der Waals surface area contributed by atoms with Crippen molar-refractivity contribution in [3.05, 3.63) is 35.5 Å². The Morgan fingerprint density at radius 1 is 1.19 bits per heavy atom. The molecule has 3 aromatic rings. The van der Waals surface area contributed by atoms with Gasteiger partial charge in [0.05, 0.1) is 24.8 Å². The van der Waals surface area contributed by atoms with E-state index in [1.54, 1.807) is 11.8 Å². The van der Waals surface area contributed by atoms with Crippen LogP contribution in [-0.2, 0) is 4.79 Å². The second-order valence-corrected chi connectivity index (χ2v) is 9.59. The van der Waals surface area contributed by atoms with E-state index in [1.807, 2.05) is 0 Å². The summed E-state index contributed by atoms with van der Waals surface area (Å²) in [5.74, 6) is -0.119. The molecule has 196 valence electrons. The number of nitrogens with one attached hydrogen (secondary N) is 2. The quantitative estimate of drug-likeness (QED) is 0.424. The average molecular weight is 512 g/mol. The number of aromatic amines is 1. The zero-order valence-corrected chi connectivity index (χ0v) is 20.8. The normalized spacial score (nSPS) is 16.2. The number of aliphatic hydroxyl groups excluding tert-OH is 1. The van der Waals surface area contributed by atoms with Gasteiger partial charge in [-0.3, -0.25) is 9.59 Å². The Bertz CT molecular complexity index is 1330. The average Bonchev–Trinajstić information content (AvgIpc) is 3.67. The van der Waals surface area contributed by atoms with Crippen molar-refractivity contribution in [2.45, 2.75) is 38.6 Å². The van der Waals surface area contributed by atoms with Crippen molar-refractivity contribution >= 4 is 22.8 Å². The summed E-state index contributed by atoms with van der Waals surface area (Å²) in [6.07, 6.45) is 4.75. The van der Waals surface area contributed by atoms with Crippen LogP contribution in [-0.4, -0.2) is 76.2 Å². The van der Waals surface area contributed by atoms with Crippen LogP contribution in [0.25, 0.3) is 22.3 Å². The lowest BCUT2D eigenvalue weighted by molar-refractivity contribution is -0.135. The Morgan fingerprint density at radius 3 is 2.62 bits per heavy atom. The molecule has 5 rings (SSSR count). The first-order valence-corrected chi connectivity index (χ1v) is 12.4. The van der Waals surface area contributed by atoms with Gasteiger partial charge in [-0.05, 0) is 44.6 Å². The van der Waals surface area contributed by atoms with Crippen LogP contribution in [0.4, 0.5) is 4.39 Å². The molecule has 0 unspecified atom stereocenters. The zero-order chi connectivity index (χ0) is 26.1. The molecular weight excluding hydrogens is 481 g/mol. The summed E-state index contributed by atoms with van der Waals surface area (Å²) in [7, 11) is 1.40. The maximum atomic E-state index is 14.8. The zero-order valence-electron chi connectivity index (χ0n) is 20.8. The van der Waals surface area contributed by atoms with Crippen molar-refractivity contribution in [3.63, 3.8) is 0 Å². The Hall–Kier alpha value is -3.73. The number of piperidine rings is 1. The maximum Gasteiger partial charge on any atom is 0.255 e. The third-order valence-corrected chi connectivity index (χ3v) is 7.00. The number of fused-ring (bicyclic) bond motifs is 1. The minimum atomic E-state index is -0.546. The van der Waals surface area contributed by atoms with Crippen LogP contribution in [0.2, 0.25) is 0 Å². The van der Waals surface area contributed by atoms with Gasteiger partial charge in [0.15, 0.2) is 11.6 Å². The van der Waals surface area contributed by atoms with Gasteiger partial charge in [-0.15, -0.1) is 0 Å². The minimum absolute atomic E-state index is 0.0781. The fraction of sp³-hybridized carbons (Fsp3) is 0.462. The molecule has 2 fully saturated rings. The highest BCUT2D eigenvalue weighted by atomic mass is 19.1. The lowest BCUT2D eigenvalue weighted by atomic mass is 10.0. The maximum absolute atomic E-state index is 14.8. The number of H-pyrrole nitrogens is 1. The number of likely N-dealkylation sites (tertiary alicyclic amines) is 1. The molecule has 3 N–H and O–H groups in total. The largest absolute Gasteiger partial charge is 0.494 e. The third-order valence-electron chi connectivity index (χ3n) is 7.00. The molecule has 10 nitrogen and oxygen atoms in total. The van der Waals surface area contributed by atoms with Gasteiger partial charge < -0.3 is 29.8 Å². The summed E-state index contributed by atoms with van der Waals surface area (Å²) in [6.45, 7) is 2.73. The van der Waals surface area contributed by atoms with Crippen molar-refractivity contribution in [2.75, 3.05) is 33.4 Å². The molecule has 0 atom stereocenters. The van der Waals surface area contributed by atoms with Crippen LogP contribution >= 0.6 is 0 Å². The van der Waals surface area contributed by atoms with E-state index in [0.717, 1.165) is 12.8 Å². The number of aliphatic hydroxyl groups is 1. The van der Waals surface area contributed by atoms with Gasteiger partial charge in [-0.25, -0.2) is 14.4 Å². The van der Waals surface area contributed by atoms with E-state index in [2.05, 4.69) is 20.3 Å². The fourth-order valence-corrected chi connectivity index (χ4v) is 4.72. The third kappa shape index (κ3) is 5.08. The van der Waals surface area contributed by atoms with Crippen LogP contribution in [0.1, 0.15) is 41.7 Å². The predicted molar refractivity (Wildman–Crippen MR) is 133 cm³/mol. The van der Waals surface area contributed by atoms with Crippen molar-refractivity contribution in [1.29, 1.82) is 0 Å². The van der Waals surface area contributed by atoms with Crippen LogP contribution < -0.4 is 14.8 Å². The Morgan fingerprint density at radius 2 is 1.95 bits per heavy atom. The van der Waals surface area contributed by atoms with E-state index in [1.165, 1.54) is 25.6 Å². The Labute approximate surface area is 213 Å². The molecule has 0 bridgehead atoms. The monoisotopic (exact) mass is 511 g/mol. The Kier molecular flexibility index (Phi) is 6.96. The summed E-state index contributed by atoms with van der Waals surface area (Å²) >= 11 is 0. The summed E-state index contributed by atoms with van der Waals surface area (Å²) in [5.41, 5.74) is 2.81. The lowest BCUT2D eigenvalue weighted by Crippen LogP contribution is -2.47. The molecule has 1 aliphatic carbocycles. The predicted octanol–water partition coefficient (Wildman–Crippen LogP) is 2.58. The van der Waals surface area contributed by atoms with Crippen LogP contribution in [0.3, 0.4) is 0 Å². The molecule has 1 saturated heterocycles. The van der Waals surface area contributed by atoms with Crippen molar-refractivity contribution in [2.24, 2.45) is 5.92 Å². The van der Waals surface area contributed by atoms with Crippen molar-refractivity contribution in [3.8, 4) is 22.8 Å². The Balaban J connectivity index is 1.44. The van der Waals surface area contributed by atoms with Crippen LogP contribution in [0.5, 0.6) is 11.5 Å². The molecule has 3 heterocycles. The lowest BCUT2D eigenvalue weighted by Gasteiger charge is -2.32. The number of amides is 2. The molecule has 0 radical (unpaired) electrons.